The topological polar surface area (TPSA) is 82.7 Å². The predicted octanol–water partition coefficient (Wildman–Crippen LogP) is 1.42. The van der Waals surface area contributed by atoms with Gasteiger partial charge in [0.1, 0.15) is 5.84 Å². The second-order valence-electron chi connectivity index (χ2n) is 4.48. The van der Waals surface area contributed by atoms with Crippen LogP contribution in [0.5, 0.6) is 0 Å². The van der Waals surface area contributed by atoms with Gasteiger partial charge in [-0.2, -0.15) is 0 Å². The lowest BCUT2D eigenvalue weighted by molar-refractivity contribution is 0.886. The molecule has 1 aromatic carbocycles. The maximum atomic E-state index is 11.8. The molecule has 0 unspecified atom stereocenters. The van der Waals surface area contributed by atoms with Crippen molar-refractivity contribution in [2.24, 2.45) is 5.73 Å². The number of H-pyrrole nitrogens is 1. The Kier molecular flexibility index (Phi) is 2.30. The largest absolute Gasteiger partial charge is 0.384 e. The Morgan fingerprint density at radius 3 is 2.78 bits per heavy atom. The molecule has 1 heterocycles. The van der Waals surface area contributed by atoms with Crippen molar-refractivity contribution in [3.8, 4) is 11.1 Å². The highest BCUT2D eigenvalue weighted by Crippen LogP contribution is 2.31. The number of nitrogen functional groups attached to an aromatic ring is 1. The smallest absolute Gasteiger partial charge is 0.259 e. The molecule has 0 spiro atoms. The normalized spacial score (nSPS) is 12.7. The van der Waals surface area contributed by atoms with Crippen molar-refractivity contribution in [1.82, 2.24) is 4.98 Å². The van der Waals surface area contributed by atoms with Gasteiger partial charge in [-0.15, -0.1) is 0 Å². The Morgan fingerprint density at radius 2 is 2.00 bits per heavy atom. The highest BCUT2D eigenvalue weighted by atomic mass is 16.1. The highest BCUT2D eigenvalue weighted by molar-refractivity contribution is 5.96. The summed E-state index contributed by atoms with van der Waals surface area (Å²) in [5.41, 5.74) is 9.71. The second-order valence-corrected chi connectivity index (χ2v) is 4.48. The van der Waals surface area contributed by atoms with E-state index < -0.39 is 0 Å². The van der Waals surface area contributed by atoms with Crippen molar-refractivity contribution >= 4 is 5.84 Å². The SMILES string of the molecule is N=C(N)c1cc2c([nH]c1=O)CCc1ccccc1-2. The lowest BCUT2D eigenvalue weighted by Gasteiger charge is -2.19. The summed E-state index contributed by atoms with van der Waals surface area (Å²) in [4.78, 5) is 14.6. The molecule has 0 bridgehead atoms. The minimum absolute atomic E-state index is 0.192. The molecule has 4 heteroatoms. The van der Waals surface area contributed by atoms with E-state index in [1.807, 2.05) is 18.2 Å². The van der Waals surface area contributed by atoms with Crippen LogP contribution in [0.1, 0.15) is 16.8 Å². The fraction of sp³-hybridized carbons (Fsp3) is 0.143. The number of nitrogens with one attached hydrogen (secondary N) is 2. The van der Waals surface area contributed by atoms with Crippen LogP contribution in [-0.2, 0) is 12.8 Å². The van der Waals surface area contributed by atoms with Crippen LogP contribution < -0.4 is 11.3 Å². The molecular formula is C14H13N3O. The molecule has 90 valence electrons. The van der Waals surface area contributed by atoms with Crippen molar-refractivity contribution in [1.29, 1.82) is 5.41 Å². The monoisotopic (exact) mass is 239 g/mol. The molecule has 0 amide bonds. The minimum atomic E-state index is -0.277. The third-order valence-electron chi connectivity index (χ3n) is 3.36. The summed E-state index contributed by atoms with van der Waals surface area (Å²) in [6.07, 6.45) is 1.75. The molecule has 2 aromatic rings. The Bertz CT molecular complexity index is 700. The molecule has 0 fully saturated rings. The summed E-state index contributed by atoms with van der Waals surface area (Å²) in [5, 5.41) is 7.44. The molecule has 3 rings (SSSR count). The molecule has 1 aromatic heterocycles. The fourth-order valence-electron chi connectivity index (χ4n) is 2.47. The summed E-state index contributed by atoms with van der Waals surface area (Å²) >= 11 is 0. The van der Waals surface area contributed by atoms with Gasteiger partial charge < -0.3 is 10.7 Å². The minimum Gasteiger partial charge on any atom is -0.384 e. The van der Waals surface area contributed by atoms with Gasteiger partial charge in [0.25, 0.3) is 5.56 Å². The van der Waals surface area contributed by atoms with Gasteiger partial charge in [-0.3, -0.25) is 10.2 Å². The Hall–Kier alpha value is -2.36. The lowest BCUT2D eigenvalue weighted by Crippen LogP contribution is -2.25. The Labute approximate surface area is 104 Å². The van der Waals surface area contributed by atoms with Crippen LogP contribution in [0.15, 0.2) is 35.1 Å². The number of aromatic amines is 1. The molecule has 0 aliphatic heterocycles. The molecular weight excluding hydrogens is 226 g/mol. The number of benzene rings is 1. The summed E-state index contributed by atoms with van der Waals surface area (Å²) in [6, 6.07) is 9.86. The first kappa shape index (κ1) is 10.8. The maximum Gasteiger partial charge on any atom is 0.259 e. The molecule has 1 aliphatic carbocycles. The van der Waals surface area contributed by atoms with Crippen molar-refractivity contribution in [3.63, 3.8) is 0 Å². The Morgan fingerprint density at radius 1 is 1.22 bits per heavy atom. The van der Waals surface area contributed by atoms with Crippen molar-refractivity contribution < 1.29 is 0 Å². The average Bonchev–Trinajstić information content (AvgIpc) is 2.37. The average molecular weight is 239 g/mol. The van der Waals surface area contributed by atoms with E-state index >= 15 is 0 Å². The lowest BCUT2D eigenvalue weighted by atomic mass is 9.88. The Balaban J connectivity index is 2.30. The van der Waals surface area contributed by atoms with Gasteiger partial charge in [-0.25, -0.2) is 0 Å². The van der Waals surface area contributed by atoms with Gasteiger partial charge in [0.15, 0.2) is 0 Å². The van der Waals surface area contributed by atoms with Gasteiger partial charge in [-0.05, 0) is 30.0 Å². The standard InChI is InChI=1S/C14H13N3O/c15-13(16)11-7-10-9-4-2-1-3-8(9)5-6-12(10)17-14(11)18/h1-4,7H,5-6H2,(H3,15,16)(H,17,18). The molecule has 0 atom stereocenters. The van der Waals surface area contributed by atoms with Crippen LogP contribution in [0.25, 0.3) is 11.1 Å². The van der Waals surface area contributed by atoms with Crippen LogP contribution in [0.4, 0.5) is 0 Å². The first-order valence-corrected chi connectivity index (χ1v) is 5.85. The van der Waals surface area contributed by atoms with Crippen LogP contribution in [0.3, 0.4) is 0 Å². The van der Waals surface area contributed by atoms with Crippen LogP contribution in [-0.4, -0.2) is 10.8 Å². The van der Waals surface area contributed by atoms with Gasteiger partial charge >= 0.3 is 0 Å². The number of rotatable bonds is 1. The van der Waals surface area contributed by atoms with E-state index in [9.17, 15) is 4.79 Å². The maximum absolute atomic E-state index is 11.8. The number of aryl methyl sites for hydroxylation is 2. The zero-order valence-corrected chi connectivity index (χ0v) is 9.79. The highest BCUT2D eigenvalue weighted by Gasteiger charge is 2.18. The van der Waals surface area contributed by atoms with Gasteiger partial charge in [0.2, 0.25) is 0 Å². The summed E-state index contributed by atoms with van der Waals surface area (Å²) in [7, 11) is 0. The molecule has 0 saturated carbocycles. The fourth-order valence-corrected chi connectivity index (χ4v) is 2.47. The summed E-state index contributed by atoms with van der Waals surface area (Å²) < 4.78 is 0. The van der Waals surface area contributed by atoms with Gasteiger partial charge in [0, 0.05) is 11.3 Å². The molecule has 4 N–H and O–H groups in total. The number of hydrogen-bond donors (Lipinski definition) is 3. The van der Waals surface area contributed by atoms with E-state index in [1.54, 1.807) is 6.07 Å². The molecule has 0 saturated heterocycles. The van der Waals surface area contributed by atoms with Crippen molar-refractivity contribution in [2.45, 2.75) is 12.8 Å². The van der Waals surface area contributed by atoms with Gasteiger partial charge in [-0.1, -0.05) is 24.3 Å². The van der Waals surface area contributed by atoms with E-state index in [0.29, 0.717) is 0 Å². The third-order valence-corrected chi connectivity index (χ3v) is 3.36. The van der Waals surface area contributed by atoms with E-state index in [0.717, 1.165) is 29.7 Å². The number of nitrogens with two attached hydrogens (primary N) is 1. The molecule has 4 nitrogen and oxygen atoms in total. The second kappa shape index (κ2) is 3.84. The van der Waals surface area contributed by atoms with Crippen LogP contribution >= 0.6 is 0 Å². The van der Waals surface area contributed by atoms with Gasteiger partial charge in [0.05, 0.1) is 5.56 Å². The van der Waals surface area contributed by atoms with Crippen LogP contribution in [0.2, 0.25) is 0 Å². The first-order valence-electron chi connectivity index (χ1n) is 5.85. The number of fused-ring (bicyclic) bond motifs is 3. The van der Waals surface area contributed by atoms with E-state index in [1.165, 1.54) is 5.56 Å². The number of amidine groups is 1. The number of pyridine rings is 1. The molecule has 18 heavy (non-hydrogen) atoms. The zero-order valence-electron chi connectivity index (χ0n) is 9.79. The van der Waals surface area contributed by atoms with E-state index in [4.69, 9.17) is 11.1 Å². The molecule has 0 radical (unpaired) electrons. The van der Waals surface area contributed by atoms with Crippen molar-refractivity contribution in [2.75, 3.05) is 0 Å². The zero-order chi connectivity index (χ0) is 12.7. The number of aromatic nitrogens is 1. The first-order chi connectivity index (χ1) is 8.66. The molecule has 1 aliphatic rings. The summed E-state index contributed by atoms with van der Waals surface area (Å²) in [6.45, 7) is 0. The van der Waals surface area contributed by atoms with E-state index in [-0.39, 0.29) is 17.0 Å². The third kappa shape index (κ3) is 1.54. The quantitative estimate of drug-likeness (QED) is 0.519. The van der Waals surface area contributed by atoms with Crippen molar-refractivity contribution in [3.05, 3.63) is 57.5 Å². The summed E-state index contributed by atoms with van der Waals surface area (Å²) in [5.74, 6) is -0.192. The predicted molar refractivity (Wildman–Crippen MR) is 70.9 cm³/mol. The number of hydrogen-bond acceptors (Lipinski definition) is 2. The van der Waals surface area contributed by atoms with E-state index in [2.05, 4.69) is 11.1 Å². The van der Waals surface area contributed by atoms with Crippen LogP contribution in [0, 0.1) is 5.41 Å².